The molecule has 0 atom stereocenters. The van der Waals surface area contributed by atoms with Crippen LogP contribution in [0.5, 0.6) is 0 Å². The van der Waals surface area contributed by atoms with Crippen molar-refractivity contribution in [3.63, 3.8) is 0 Å². The summed E-state index contributed by atoms with van der Waals surface area (Å²) in [6.45, 7) is 4.78. The van der Waals surface area contributed by atoms with Gasteiger partial charge < -0.3 is 4.57 Å². The average molecular weight is 193 g/mol. The largest absolute Gasteiger partial charge is 0.347 e. The van der Waals surface area contributed by atoms with Crippen LogP contribution in [-0.2, 0) is 6.54 Å². The van der Waals surface area contributed by atoms with E-state index in [0.717, 1.165) is 18.0 Å². The van der Waals surface area contributed by atoms with Crippen LogP contribution < -0.4 is 0 Å². The van der Waals surface area contributed by atoms with Crippen molar-refractivity contribution < 1.29 is 0 Å². The van der Waals surface area contributed by atoms with E-state index in [1.54, 1.807) is 0 Å². The second-order valence-corrected chi connectivity index (χ2v) is 3.50. The lowest BCUT2D eigenvalue weighted by Gasteiger charge is -2.02. The van der Waals surface area contributed by atoms with Crippen LogP contribution in [0, 0.1) is 6.92 Å². The molecule has 0 saturated carbocycles. The van der Waals surface area contributed by atoms with E-state index in [-0.39, 0.29) is 0 Å². The third-order valence-electron chi connectivity index (χ3n) is 2.13. The molecule has 0 aliphatic carbocycles. The van der Waals surface area contributed by atoms with Gasteiger partial charge in [0.1, 0.15) is 0 Å². The zero-order valence-electron chi connectivity index (χ0n) is 7.33. The minimum absolute atomic E-state index is 0.788. The van der Waals surface area contributed by atoms with Crippen LogP contribution in [0.2, 0.25) is 5.02 Å². The van der Waals surface area contributed by atoms with E-state index in [4.69, 9.17) is 11.6 Å². The van der Waals surface area contributed by atoms with Crippen LogP contribution >= 0.6 is 11.6 Å². The van der Waals surface area contributed by atoms with Gasteiger partial charge in [0.2, 0.25) is 0 Å². The Morgan fingerprint density at radius 3 is 2.92 bits per heavy atom. The van der Waals surface area contributed by atoms with Crippen molar-refractivity contribution in [2.24, 2.45) is 0 Å². The number of halogens is 1. The summed E-state index contributed by atoms with van der Waals surface area (Å²) >= 11 is 5.92. The predicted molar refractivity (Wildman–Crippen MR) is 56.9 cm³/mol. The normalized spacial score (nSPS) is 10.9. The first kappa shape index (κ1) is 8.64. The fraction of sp³-hybridized carbons (Fsp3) is 0.182. The van der Waals surface area contributed by atoms with Gasteiger partial charge in [-0.3, -0.25) is 0 Å². The lowest BCUT2D eigenvalue weighted by atomic mass is 10.2. The molecule has 0 spiro atoms. The van der Waals surface area contributed by atoms with E-state index >= 15 is 0 Å². The monoisotopic (exact) mass is 192 g/mol. The van der Waals surface area contributed by atoms with Crippen molar-refractivity contribution in [2.45, 2.75) is 13.0 Å². The molecule has 2 aromatic rings. The van der Waals surface area contributed by atoms with Crippen LogP contribution in [0.15, 0.2) is 30.5 Å². The number of benzene rings is 1. The van der Waals surface area contributed by atoms with Gasteiger partial charge in [0, 0.05) is 23.3 Å². The average Bonchev–Trinajstić information content (AvgIpc) is 2.49. The summed E-state index contributed by atoms with van der Waals surface area (Å²) in [6, 6.07) is 8.05. The predicted octanol–water partition coefficient (Wildman–Crippen LogP) is 3.52. The van der Waals surface area contributed by atoms with Gasteiger partial charge in [-0.1, -0.05) is 24.6 Å². The van der Waals surface area contributed by atoms with Gasteiger partial charge in [0.15, 0.2) is 0 Å². The summed E-state index contributed by atoms with van der Waals surface area (Å²) in [5.41, 5.74) is 1.19. The molecule has 0 fully saturated rings. The molecular formula is C11H11ClN. The Labute approximate surface area is 82.9 Å². The Kier molecular flexibility index (Phi) is 2.28. The number of nitrogens with zero attached hydrogens (tertiary/aromatic N) is 1. The van der Waals surface area contributed by atoms with Gasteiger partial charge in [-0.05, 0) is 30.0 Å². The summed E-state index contributed by atoms with van der Waals surface area (Å²) < 4.78 is 2.17. The number of aryl methyl sites for hydroxylation is 1. The molecule has 67 valence electrons. The second kappa shape index (κ2) is 3.43. The van der Waals surface area contributed by atoms with Gasteiger partial charge in [-0.2, -0.15) is 0 Å². The molecule has 2 rings (SSSR count). The number of hydrogen-bond acceptors (Lipinski definition) is 0. The molecule has 0 bridgehead atoms. The zero-order valence-corrected chi connectivity index (χ0v) is 8.09. The highest BCUT2D eigenvalue weighted by Gasteiger charge is 1.99. The molecule has 0 saturated heterocycles. The first-order valence-electron chi connectivity index (χ1n) is 4.35. The van der Waals surface area contributed by atoms with Crippen LogP contribution in [0.4, 0.5) is 0 Å². The number of aromatic nitrogens is 1. The Balaban J connectivity index is 2.58. The topological polar surface area (TPSA) is 4.93 Å². The van der Waals surface area contributed by atoms with E-state index < -0.39 is 0 Å². The number of fused-ring (bicyclic) bond motifs is 1. The molecule has 13 heavy (non-hydrogen) atoms. The van der Waals surface area contributed by atoms with Crippen molar-refractivity contribution in [1.29, 1.82) is 0 Å². The quantitative estimate of drug-likeness (QED) is 0.686. The highest BCUT2D eigenvalue weighted by atomic mass is 35.5. The Morgan fingerprint density at radius 2 is 2.15 bits per heavy atom. The molecule has 0 unspecified atom stereocenters. The second-order valence-electron chi connectivity index (χ2n) is 3.07. The van der Waals surface area contributed by atoms with Crippen molar-refractivity contribution in [2.75, 3.05) is 0 Å². The third kappa shape index (κ3) is 1.56. The molecule has 0 amide bonds. The molecule has 0 aliphatic heterocycles. The lowest BCUT2D eigenvalue weighted by Crippen LogP contribution is -1.93. The molecule has 1 aromatic carbocycles. The van der Waals surface area contributed by atoms with Crippen molar-refractivity contribution in [3.05, 3.63) is 42.4 Å². The summed E-state index contributed by atoms with van der Waals surface area (Å²) in [6.07, 6.45) is 2.97. The first-order chi connectivity index (χ1) is 6.31. The third-order valence-corrected chi connectivity index (χ3v) is 2.37. The minimum Gasteiger partial charge on any atom is -0.347 e. The summed E-state index contributed by atoms with van der Waals surface area (Å²) in [4.78, 5) is 0. The van der Waals surface area contributed by atoms with Crippen molar-refractivity contribution in [1.82, 2.24) is 4.57 Å². The Morgan fingerprint density at radius 1 is 1.31 bits per heavy atom. The maximum absolute atomic E-state index is 5.92. The molecule has 1 radical (unpaired) electrons. The van der Waals surface area contributed by atoms with E-state index in [1.165, 1.54) is 10.9 Å². The zero-order chi connectivity index (χ0) is 9.26. The summed E-state index contributed by atoms with van der Waals surface area (Å²) in [5.74, 6) is 0. The number of hydrogen-bond donors (Lipinski definition) is 0. The van der Waals surface area contributed by atoms with Gasteiger partial charge in [0.25, 0.3) is 0 Å². The smallest absolute Gasteiger partial charge is 0.0495 e. The summed E-state index contributed by atoms with van der Waals surface area (Å²) in [7, 11) is 0. The SMILES string of the molecule is [CH2]CCn1ccc2ccc(Cl)cc21. The van der Waals surface area contributed by atoms with Gasteiger partial charge >= 0.3 is 0 Å². The molecule has 0 aliphatic rings. The Bertz CT molecular complexity index is 417. The summed E-state index contributed by atoms with van der Waals surface area (Å²) in [5, 5.41) is 2.02. The Hall–Kier alpha value is -0.950. The van der Waals surface area contributed by atoms with E-state index in [2.05, 4.69) is 23.8 Å². The molecule has 1 aromatic heterocycles. The maximum atomic E-state index is 5.92. The molecular weight excluding hydrogens is 182 g/mol. The highest BCUT2D eigenvalue weighted by molar-refractivity contribution is 6.31. The number of rotatable bonds is 2. The standard InChI is InChI=1S/C11H11ClN/c1-2-6-13-7-5-9-3-4-10(12)8-11(9)13/h3-5,7-8H,1-2,6H2. The first-order valence-corrected chi connectivity index (χ1v) is 4.73. The van der Waals surface area contributed by atoms with Crippen LogP contribution in [0.25, 0.3) is 10.9 Å². The molecule has 2 heteroatoms. The van der Waals surface area contributed by atoms with E-state index in [1.807, 2.05) is 18.2 Å². The molecule has 1 nitrogen and oxygen atoms in total. The van der Waals surface area contributed by atoms with Crippen LogP contribution in [0.3, 0.4) is 0 Å². The van der Waals surface area contributed by atoms with Crippen molar-refractivity contribution in [3.8, 4) is 0 Å². The van der Waals surface area contributed by atoms with E-state index in [0.29, 0.717) is 0 Å². The van der Waals surface area contributed by atoms with Crippen LogP contribution in [-0.4, -0.2) is 4.57 Å². The minimum atomic E-state index is 0.788. The molecule has 0 N–H and O–H groups in total. The van der Waals surface area contributed by atoms with Crippen molar-refractivity contribution >= 4 is 22.5 Å². The fourth-order valence-electron chi connectivity index (χ4n) is 1.52. The van der Waals surface area contributed by atoms with Gasteiger partial charge in [-0.15, -0.1) is 0 Å². The van der Waals surface area contributed by atoms with E-state index in [9.17, 15) is 0 Å². The highest BCUT2D eigenvalue weighted by Crippen LogP contribution is 2.20. The van der Waals surface area contributed by atoms with Gasteiger partial charge in [0.05, 0.1) is 0 Å². The fourth-order valence-corrected chi connectivity index (χ4v) is 1.69. The molecule has 1 heterocycles. The lowest BCUT2D eigenvalue weighted by molar-refractivity contribution is 0.736. The maximum Gasteiger partial charge on any atom is 0.0495 e. The van der Waals surface area contributed by atoms with Gasteiger partial charge in [-0.25, -0.2) is 0 Å². The van der Waals surface area contributed by atoms with Crippen LogP contribution in [0.1, 0.15) is 6.42 Å².